The average molecular weight is 244 g/mol. The molecule has 1 amide bonds. The molecule has 2 unspecified atom stereocenters. The summed E-state index contributed by atoms with van der Waals surface area (Å²) in [4.78, 5) is 15.8. The average Bonchev–Trinajstić information content (AvgIpc) is 3.15. The Bertz CT molecular complexity index is 498. The highest BCUT2D eigenvalue weighted by atomic mass is 16.3. The topological polar surface area (TPSA) is 62.2 Å². The van der Waals surface area contributed by atoms with Crippen LogP contribution in [0.25, 0.3) is 0 Å². The lowest BCUT2D eigenvalue weighted by Crippen LogP contribution is -2.44. The van der Waals surface area contributed by atoms with Crippen molar-refractivity contribution in [2.24, 2.45) is 5.92 Å². The first-order valence-corrected chi connectivity index (χ1v) is 6.27. The Balaban J connectivity index is 1.58. The second-order valence-corrected chi connectivity index (χ2v) is 5.21. The number of hydrogen-bond donors (Lipinski definition) is 2. The van der Waals surface area contributed by atoms with Gasteiger partial charge < -0.3 is 10.4 Å². The molecule has 2 aliphatic rings. The molecule has 0 aromatic carbocycles. The molecule has 0 radical (unpaired) electrons. The van der Waals surface area contributed by atoms with E-state index in [9.17, 15) is 9.90 Å². The summed E-state index contributed by atoms with van der Waals surface area (Å²) in [5.41, 5.74) is 1.07. The lowest BCUT2D eigenvalue weighted by molar-refractivity contribution is 0.0262. The molecule has 18 heavy (non-hydrogen) atoms. The molecule has 0 aliphatic heterocycles. The highest BCUT2D eigenvalue weighted by molar-refractivity contribution is 5.92. The summed E-state index contributed by atoms with van der Waals surface area (Å²) >= 11 is 0. The minimum atomic E-state index is -0.783. The summed E-state index contributed by atoms with van der Waals surface area (Å²) in [5, 5.41) is 13.2. The Labute approximate surface area is 106 Å². The van der Waals surface area contributed by atoms with E-state index < -0.39 is 5.60 Å². The Morgan fingerprint density at radius 3 is 3.17 bits per heavy atom. The molecule has 4 heteroatoms. The van der Waals surface area contributed by atoms with Crippen LogP contribution in [0.2, 0.25) is 0 Å². The molecule has 2 atom stereocenters. The molecule has 0 spiro atoms. The quantitative estimate of drug-likeness (QED) is 0.787. The first kappa shape index (κ1) is 11.4. The van der Waals surface area contributed by atoms with Crippen LogP contribution in [0.3, 0.4) is 0 Å². The third kappa shape index (κ3) is 2.29. The van der Waals surface area contributed by atoms with Crippen molar-refractivity contribution in [2.45, 2.75) is 24.9 Å². The number of fused-ring (bicyclic) bond motifs is 1. The Morgan fingerprint density at radius 2 is 2.44 bits per heavy atom. The molecule has 2 aliphatic carbocycles. The van der Waals surface area contributed by atoms with Crippen LogP contribution in [-0.2, 0) is 0 Å². The van der Waals surface area contributed by atoms with Crippen LogP contribution in [0.4, 0.5) is 0 Å². The molecule has 1 heterocycles. The van der Waals surface area contributed by atoms with Crippen LogP contribution in [-0.4, -0.2) is 28.1 Å². The van der Waals surface area contributed by atoms with Gasteiger partial charge in [-0.15, -0.1) is 0 Å². The van der Waals surface area contributed by atoms with Gasteiger partial charge in [-0.3, -0.25) is 9.78 Å². The smallest absolute Gasteiger partial charge is 0.269 e. The first-order chi connectivity index (χ1) is 8.66. The van der Waals surface area contributed by atoms with E-state index in [1.165, 1.54) is 5.57 Å². The second-order valence-electron chi connectivity index (χ2n) is 5.21. The number of hydrogen-bond acceptors (Lipinski definition) is 3. The Morgan fingerprint density at radius 1 is 1.56 bits per heavy atom. The Hall–Kier alpha value is -1.68. The summed E-state index contributed by atoms with van der Waals surface area (Å²) in [6.45, 7) is 0.294. The van der Waals surface area contributed by atoms with Gasteiger partial charge in [-0.25, -0.2) is 0 Å². The zero-order chi connectivity index (χ0) is 12.6. The molecule has 2 N–H and O–H groups in total. The number of aromatic nitrogens is 1. The maximum atomic E-state index is 11.8. The van der Waals surface area contributed by atoms with E-state index in [0.29, 0.717) is 24.6 Å². The highest BCUT2D eigenvalue weighted by Gasteiger charge is 2.42. The summed E-state index contributed by atoms with van der Waals surface area (Å²) in [6, 6.07) is 5.21. The van der Waals surface area contributed by atoms with Gasteiger partial charge in [0.25, 0.3) is 5.91 Å². The van der Waals surface area contributed by atoms with Gasteiger partial charge in [0.1, 0.15) is 5.69 Å². The van der Waals surface area contributed by atoms with Crippen LogP contribution in [0.5, 0.6) is 0 Å². The van der Waals surface area contributed by atoms with Gasteiger partial charge in [-0.2, -0.15) is 0 Å². The van der Waals surface area contributed by atoms with Crippen molar-refractivity contribution in [1.82, 2.24) is 10.3 Å². The van der Waals surface area contributed by atoms with Crippen LogP contribution in [0.1, 0.15) is 29.8 Å². The van der Waals surface area contributed by atoms with E-state index in [2.05, 4.69) is 16.4 Å². The SMILES string of the molecule is O=C(NCC1(O)CC=C2CC2C1)c1ccccn1. The number of nitrogens with one attached hydrogen (secondary N) is 1. The summed E-state index contributed by atoms with van der Waals surface area (Å²) in [6.07, 6.45) is 6.23. The van der Waals surface area contributed by atoms with Crippen molar-refractivity contribution in [3.05, 3.63) is 41.7 Å². The lowest BCUT2D eigenvalue weighted by atomic mass is 9.89. The maximum Gasteiger partial charge on any atom is 0.269 e. The van der Waals surface area contributed by atoms with E-state index in [0.717, 1.165) is 12.8 Å². The fraction of sp³-hybridized carbons (Fsp3) is 0.429. The molecule has 0 saturated heterocycles. The van der Waals surface area contributed by atoms with E-state index >= 15 is 0 Å². The fourth-order valence-corrected chi connectivity index (χ4v) is 2.52. The molecule has 1 saturated carbocycles. The number of rotatable bonds is 3. The van der Waals surface area contributed by atoms with Crippen molar-refractivity contribution in [1.29, 1.82) is 0 Å². The summed E-state index contributed by atoms with van der Waals surface area (Å²) in [5.74, 6) is 0.324. The van der Waals surface area contributed by atoms with Crippen molar-refractivity contribution >= 4 is 5.91 Å². The number of aliphatic hydroxyl groups is 1. The van der Waals surface area contributed by atoms with Crippen molar-refractivity contribution < 1.29 is 9.90 Å². The van der Waals surface area contributed by atoms with Gasteiger partial charge in [0.2, 0.25) is 0 Å². The van der Waals surface area contributed by atoms with E-state index in [4.69, 9.17) is 0 Å². The van der Waals surface area contributed by atoms with Gasteiger partial charge in [0, 0.05) is 12.7 Å². The lowest BCUT2D eigenvalue weighted by Gasteiger charge is -2.29. The van der Waals surface area contributed by atoms with Crippen molar-refractivity contribution in [3.8, 4) is 0 Å². The van der Waals surface area contributed by atoms with Crippen LogP contribution in [0, 0.1) is 5.92 Å². The summed E-state index contributed by atoms with van der Waals surface area (Å²) < 4.78 is 0. The molecule has 94 valence electrons. The molecule has 1 aromatic rings. The molecule has 0 bridgehead atoms. The standard InChI is InChI=1S/C14H16N2O2/c17-13(12-3-1-2-6-15-12)16-9-14(18)5-4-10-7-11(10)8-14/h1-4,6,11,18H,5,7-9H2,(H,16,17). The van der Waals surface area contributed by atoms with Crippen molar-refractivity contribution in [3.63, 3.8) is 0 Å². The molecular formula is C14H16N2O2. The van der Waals surface area contributed by atoms with Gasteiger partial charge in [-0.1, -0.05) is 17.7 Å². The molecule has 1 aromatic heterocycles. The van der Waals surface area contributed by atoms with Gasteiger partial charge >= 0.3 is 0 Å². The third-order valence-electron chi connectivity index (χ3n) is 3.69. The van der Waals surface area contributed by atoms with E-state index in [1.54, 1.807) is 24.4 Å². The summed E-state index contributed by atoms with van der Waals surface area (Å²) in [7, 11) is 0. The number of carbonyl (C=O) groups excluding carboxylic acids is 1. The number of amides is 1. The minimum Gasteiger partial charge on any atom is -0.388 e. The second kappa shape index (κ2) is 4.21. The molecule has 3 rings (SSSR count). The van der Waals surface area contributed by atoms with Gasteiger partial charge in [0.05, 0.1) is 5.60 Å². The molecule has 4 nitrogen and oxygen atoms in total. The molecule has 1 fully saturated rings. The number of nitrogens with zero attached hydrogens (tertiary/aromatic N) is 1. The third-order valence-corrected chi connectivity index (χ3v) is 3.69. The monoisotopic (exact) mass is 244 g/mol. The van der Waals surface area contributed by atoms with Crippen LogP contribution >= 0.6 is 0 Å². The first-order valence-electron chi connectivity index (χ1n) is 6.27. The predicted octanol–water partition coefficient (Wildman–Crippen LogP) is 1.28. The zero-order valence-corrected chi connectivity index (χ0v) is 10.1. The van der Waals surface area contributed by atoms with Crippen molar-refractivity contribution in [2.75, 3.05) is 6.54 Å². The van der Waals surface area contributed by atoms with Crippen LogP contribution < -0.4 is 5.32 Å². The normalized spacial score (nSPS) is 29.2. The zero-order valence-electron chi connectivity index (χ0n) is 10.1. The highest BCUT2D eigenvalue weighted by Crippen LogP contribution is 2.48. The number of pyridine rings is 1. The molecular weight excluding hydrogens is 228 g/mol. The minimum absolute atomic E-state index is 0.227. The number of carbonyl (C=O) groups is 1. The van der Waals surface area contributed by atoms with Gasteiger partial charge in [-0.05, 0) is 37.3 Å². The number of allylic oxidation sites excluding steroid dienone is 1. The fourth-order valence-electron chi connectivity index (χ4n) is 2.52. The Kier molecular flexibility index (Phi) is 2.67. The van der Waals surface area contributed by atoms with E-state index in [1.807, 2.05) is 0 Å². The van der Waals surface area contributed by atoms with Crippen LogP contribution in [0.15, 0.2) is 36.0 Å². The van der Waals surface area contributed by atoms with E-state index in [-0.39, 0.29) is 5.91 Å². The van der Waals surface area contributed by atoms with Gasteiger partial charge in [0.15, 0.2) is 0 Å². The maximum absolute atomic E-state index is 11.8. The largest absolute Gasteiger partial charge is 0.388 e. The predicted molar refractivity (Wildman–Crippen MR) is 66.9 cm³/mol.